The van der Waals surface area contributed by atoms with Crippen molar-refractivity contribution in [3.05, 3.63) is 47.5 Å². The minimum Gasteiger partial charge on any atom is -0.349 e. The second-order valence-electron chi connectivity index (χ2n) is 3.38. The van der Waals surface area contributed by atoms with Crippen LogP contribution in [0.15, 0.2) is 36.7 Å². The van der Waals surface area contributed by atoms with Crippen LogP contribution in [0.1, 0.15) is 10.8 Å². The molecule has 3 aromatic rings. The van der Waals surface area contributed by atoms with Crippen molar-refractivity contribution < 1.29 is 0 Å². The highest BCUT2D eigenvalue weighted by molar-refractivity contribution is 7.18. The highest BCUT2D eigenvalue weighted by Gasteiger charge is 1.95. The Hall–Kier alpha value is -1.68. The fourth-order valence-corrected chi connectivity index (χ4v) is 2.16. The van der Waals surface area contributed by atoms with Crippen molar-refractivity contribution in [3.63, 3.8) is 0 Å². The molecular formula is C12H13N3S. The zero-order valence-corrected chi connectivity index (χ0v) is 10.1. The Labute approximate surface area is 98.2 Å². The number of aromatic nitrogens is 3. The molecule has 1 aromatic carbocycles. The van der Waals surface area contributed by atoms with Gasteiger partial charge < -0.3 is 4.98 Å². The summed E-state index contributed by atoms with van der Waals surface area (Å²) in [6.45, 7) is 3.95. The summed E-state index contributed by atoms with van der Waals surface area (Å²) in [5.41, 5.74) is 1.12. The lowest BCUT2D eigenvalue weighted by atomic mass is 10.3. The minimum atomic E-state index is 0.968. The van der Waals surface area contributed by atoms with E-state index in [4.69, 9.17) is 0 Å². The van der Waals surface area contributed by atoms with E-state index < -0.39 is 0 Å². The summed E-state index contributed by atoms with van der Waals surface area (Å²) in [6.07, 6.45) is 3.53. The molecule has 0 atom stereocenters. The van der Waals surface area contributed by atoms with E-state index in [2.05, 4.69) is 21.0 Å². The van der Waals surface area contributed by atoms with Crippen LogP contribution < -0.4 is 0 Å². The molecule has 0 unspecified atom stereocenters. The summed E-state index contributed by atoms with van der Waals surface area (Å²) in [6, 6.07) is 8.19. The van der Waals surface area contributed by atoms with Crippen LogP contribution in [0.4, 0.5) is 0 Å². The molecule has 3 nitrogen and oxygen atoms in total. The Morgan fingerprint density at radius 3 is 2.56 bits per heavy atom. The molecular weight excluding hydrogens is 218 g/mol. The van der Waals surface area contributed by atoms with Crippen molar-refractivity contribution in [2.75, 3.05) is 0 Å². The topological polar surface area (TPSA) is 41.6 Å². The molecule has 0 saturated carbocycles. The standard InChI is InChI=1S/C8H7NS.C4H6N2/c1-6-9-7-4-2-3-5-8(7)10-6;1-4-5-2-3-6-4/h2-5H,1H3;2-3H,1H3,(H,5,6). The SMILES string of the molecule is Cc1nc2ccccc2s1.Cc1ncc[nH]1. The molecule has 0 amide bonds. The smallest absolute Gasteiger partial charge is 0.102 e. The predicted octanol–water partition coefficient (Wildman–Crippen LogP) is 3.32. The number of nitrogens with zero attached hydrogens (tertiary/aromatic N) is 2. The van der Waals surface area contributed by atoms with Gasteiger partial charge in [0.05, 0.1) is 15.2 Å². The van der Waals surface area contributed by atoms with Crippen LogP contribution in [0.5, 0.6) is 0 Å². The van der Waals surface area contributed by atoms with Crippen molar-refractivity contribution in [2.24, 2.45) is 0 Å². The third kappa shape index (κ3) is 2.67. The molecule has 4 heteroatoms. The highest BCUT2D eigenvalue weighted by atomic mass is 32.1. The summed E-state index contributed by atoms with van der Waals surface area (Å²) in [5, 5.41) is 1.14. The molecule has 1 N–H and O–H groups in total. The first-order valence-corrected chi connectivity index (χ1v) is 5.85. The lowest BCUT2D eigenvalue weighted by Crippen LogP contribution is -1.66. The van der Waals surface area contributed by atoms with Crippen LogP contribution in [0.2, 0.25) is 0 Å². The number of benzene rings is 1. The molecule has 2 heterocycles. The van der Waals surface area contributed by atoms with E-state index in [9.17, 15) is 0 Å². The first-order valence-electron chi connectivity index (χ1n) is 5.04. The normalized spacial score (nSPS) is 9.88. The first-order chi connectivity index (χ1) is 7.75. The molecule has 0 aliphatic heterocycles. The van der Waals surface area contributed by atoms with E-state index in [1.54, 1.807) is 23.7 Å². The molecule has 0 saturated heterocycles. The lowest BCUT2D eigenvalue weighted by Gasteiger charge is -1.80. The molecule has 0 spiro atoms. The van der Waals surface area contributed by atoms with E-state index in [1.807, 2.05) is 32.0 Å². The van der Waals surface area contributed by atoms with E-state index in [0.29, 0.717) is 0 Å². The van der Waals surface area contributed by atoms with Crippen molar-refractivity contribution >= 4 is 21.6 Å². The number of thiazole rings is 1. The van der Waals surface area contributed by atoms with Gasteiger partial charge in [0.1, 0.15) is 5.82 Å². The number of hydrogen-bond donors (Lipinski definition) is 1. The van der Waals surface area contributed by atoms with E-state index >= 15 is 0 Å². The Balaban J connectivity index is 0.000000138. The highest BCUT2D eigenvalue weighted by Crippen LogP contribution is 2.19. The molecule has 0 fully saturated rings. The monoisotopic (exact) mass is 231 g/mol. The maximum absolute atomic E-state index is 4.33. The molecule has 0 aliphatic carbocycles. The van der Waals surface area contributed by atoms with Crippen LogP contribution in [0.25, 0.3) is 10.2 Å². The summed E-state index contributed by atoms with van der Waals surface area (Å²) < 4.78 is 1.28. The third-order valence-electron chi connectivity index (χ3n) is 2.04. The molecule has 0 aliphatic rings. The maximum atomic E-state index is 4.33. The van der Waals surface area contributed by atoms with Crippen LogP contribution in [-0.2, 0) is 0 Å². The maximum Gasteiger partial charge on any atom is 0.102 e. The second-order valence-corrected chi connectivity index (χ2v) is 4.61. The second kappa shape index (κ2) is 4.90. The number of aryl methyl sites for hydroxylation is 2. The van der Waals surface area contributed by atoms with Crippen LogP contribution in [0, 0.1) is 13.8 Å². The van der Waals surface area contributed by atoms with Gasteiger partial charge >= 0.3 is 0 Å². The number of aromatic amines is 1. The number of fused-ring (bicyclic) bond motifs is 1. The number of rotatable bonds is 0. The summed E-state index contributed by atoms with van der Waals surface area (Å²) in [5.74, 6) is 0.968. The molecule has 16 heavy (non-hydrogen) atoms. The Morgan fingerprint density at radius 2 is 2.00 bits per heavy atom. The molecule has 2 aromatic heterocycles. The van der Waals surface area contributed by atoms with Crippen LogP contribution in [-0.4, -0.2) is 15.0 Å². The molecule has 0 bridgehead atoms. The Morgan fingerprint density at radius 1 is 1.19 bits per heavy atom. The minimum absolute atomic E-state index is 0.968. The predicted molar refractivity (Wildman–Crippen MR) is 67.7 cm³/mol. The van der Waals surface area contributed by atoms with Gasteiger partial charge in [0.25, 0.3) is 0 Å². The number of hydrogen-bond acceptors (Lipinski definition) is 3. The molecule has 82 valence electrons. The summed E-state index contributed by atoms with van der Waals surface area (Å²) in [7, 11) is 0. The number of imidazole rings is 1. The Kier molecular flexibility index (Phi) is 3.31. The van der Waals surface area contributed by atoms with Crippen LogP contribution >= 0.6 is 11.3 Å². The third-order valence-corrected chi connectivity index (χ3v) is 2.99. The van der Waals surface area contributed by atoms with Gasteiger partial charge in [0.15, 0.2) is 0 Å². The fraction of sp³-hybridized carbons (Fsp3) is 0.167. The van der Waals surface area contributed by atoms with Gasteiger partial charge in [-0.1, -0.05) is 12.1 Å². The summed E-state index contributed by atoms with van der Waals surface area (Å²) >= 11 is 1.74. The van der Waals surface area contributed by atoms with E-state index in [-0.39, 0.29) is 0 Å². The average Bonchev–Trinajstić information content (AvgIpc) is 2.86. The Bertz CT molecular complexity index is 521. The van der Waals surface area contributed by atoms with E-state index in [0.717, 1.165) is 16.3 Å². The zero-order valence-electron chi connectivity index (χ0n) is 9.27. The van der Waals surface area contributed by atoms with Crippen molar-refractivity contribution in [2.45, 2.75) is 13.8 Å². The molecule has 0 radical (unpaired) electrons. The van der Waals surface area contributed by atoms with Gasteiger partial charge in [0, 0.05) is 12.4 Å². The van der Waals surface area contributed by atoms with Gasteiger partial charge in [-0.25, -0.2) is 9.97 Å². The van der Waals surface area contributed by atoms with Gasteiger partial charge in [0.2, 0.25) is 0 Å². The van der Waals surface area contributed by atoms with Crippen molar-refractivity contribution in [3.8, 4) is 0 Å². The van der Waals surface area contributed by atoms with Gasteiger partial charge in [-0.3, -0.25) is 0 Å². The van der Waals surface area contributed by atoms with E-state index in [1.165, 1.54) is 4.70 Å². The molecule has 3 rings (SSSR count). The van der Waals surface area contributed by atoms with Gasteiger partial charge in [-0.05, 0) is 26.0 Å². The number of para-hydroxylation sites is 1. The number of nitrogens with one attached hydrogen (secondary N) is 1. The van der Waals surface area contributed by atoms with Gasteiger partial charge in [-0.2, -0.15) is 0 Å². The largest absolute Gasteiger partial charge is 0.349 e. The van der Waals surface area contributed by atoms with Crippen molar-refractivity contribution in [1.29, 1.82) is 0 Å². The average molecular weight is 231 g/mol. The fourth-order valence-electron chi connectivity index (χ4n) is 1.33. The van der Waals surface area contributed by atoms with Crippen LogP contribution in [0.3, 0.4) is 0 Å². The zero-order chi connectivity index (χ0) is 11.4. The lowest BCUT2D eigenvalue weighted by molar-refractivity contribution is 1.15. The summed E-state index contributed by atoms with van der Waals surface area (Å²) in [4.78, 5) is 11.1. The van der Waals surface area contributed by atoms with Crippen molar-refractivity contribution in [1.82, 2.24) is 15.0 Å². The quantitative estimate of drug-likeness (QED) is 0.645. The number of H-pyrrole nitrogens is 1. The first kappa shape index (κ1) is 10.8. The van der Waals surface area contributed by atoms with Gasteiger partial charge in [-0.15, -0.1) is 11.3 Å².